The van der Waals surface area contributed by atoms with Gasteiger partial charge in [0.2, 0.25) is 10.0 Å². The number of hydrogen-bond acceptors (Lipinski definition) is 6. The first-order valence-corrected chi connectivity index (χ1v) is 19.1. The zero-order valence-electron chi connectivity index (χ0n) is 26.8. The molecule has 0 heterocycles. The number of Topliss-reactive ketones (excluding diaryl/α,β-unsaturated/α-hetero) is 1. The lowest BCUT2D eigenvalue weighted by molar-refractivity contribution is -0.203. The SMILES string of the molecule is CC[C@H]1[C@@H](O)[C@@H]2[C@H](CC[C@]3(C)[C@@H]([C@H](C)CCNC(=O)NS(=O)(=O)C[C@]45CCC(CC4=O)C5)CC[C@@H]23)[C@@]2(C)CC[C@@H](O)C[C@@H]12. The maximum atomic E-state index is 12.8. The molecule has 8 nitrogen and oxygen atoms in total. The summed E-state index contributed by atoms with van der Waals surface area (Å²) in [5.74, 6) is 2.89. The van der Waals surface area contributed by atoms with Gasteiger partial charge in [-0.15, -0.1) is 0 Å². The van der Waals surface area contributed by atoms with Crippen LogP contribution in [-0.4, -0.2) is 55.0 Å². The minimum Gasteiger partial charge on any atom is -0.393 e. The van der Waals surface area contributed by atoms with E-state index >= 15 is 0 Å². The molecule has 2 bridgehead atoms. The summed E-state index contributed by atoms with van der Waals surface area (Å²) in [6.07, 6.45) is 11.2. The third-order valence-corrected chi connectivity index (χ3v) is 16.0. The lowest BCUT2D eigenvalue weighted by Crippen LogP contribution is -2.62. The highest BCUT2D eigenvalue weighted by atomic mass is 32.2. The monoisotopic (exact) mass is 620 g/mol. The molecule has 6 aliphatic rings. The minimum atomic E-state index is -3.89. The first-order valence-electron chi connectivity index (χ1n) is 17.4. The number of aliphatic hydroxyl groups excluding tert-OH is 2. The molecule has 0 spiro atoms. The molecule has 0 aromatic carbocycles. The van der Waals surface area contributed by atoms with E-state index in [2.05, 4.69) is 37.7 Å². The predicted molar refractivity (Wildman–Crippen MR) is 165 cm³/mol. The number of amides is 2. The highest BCUT2D eigenvalue weighted by Gasteiger charge is 2.65. The lowest BCUT2D eigenvalue weighted by atomic mass is 9.41. The second kappa shape index (κ2) is 11.3. The van der Waals surface area contributed by atoms with Gasteiger partial charge in [0.1, 0.15) is 5.78 Å². The summed E-state index contributed by atoms with van der Waals surface area (Å²) < 4.78 is 27.8. The Balaban J connectivity index is 1.06. The van der Waals surface area contributed by atoms with E-state index in [9.17, 15) is 28.2 Å². The van der Waals surface area contributed by atoms with Gasteiger partial charge in [0.15, 0.2) is 0 Å². The van der Waals surface area contributed by atoms with Crippen molar-refractivity contribution in [3.8, 4) is 0 Å². The van der Waals surface area contributed by atoms with E-state index in [0.29, 0.717) is 67.2 Å². The zero-order chi connectivity index (χ0) is 30.9. The predicted octanol–water partition coefficient (Wildman–Crippen LogP) is 5.03. The molecule has 4 N–H and O–H groups in total. The number of ketones is 1. The molecular formula is C34H56N2O6S. The maximum absolute atomic E-state index is 12.8. The summed E-state index contributed by atoms with van der Waals surface area (Å²) in [4.78, 5) is 25.0. The second-order valence-electron chi connectivity index (χ2n) is 16.5. The maximum Gasteiger partial charge on any atom is 0.328 e. The smallest absolute Gasteiger partial charge is 0.328 e. The van der Waals surface area contributed by atoms with Crippen LogP contribution in [0.1, 0.15) is 111 Å². The number of carbonyl (C=O) groups is 2. The van der Waals surface area contributed by atoms with Gasteiger partial charge in [-0.1, -0.05) is 34.1 Å². The molecule has 13 atom stereocenters. The van der Waals surface area contributed by atoms with E-state index in [1.54, 1.807) is 0 Å². The number of hydrogen-bond donors (Lipinski definition) is 4. The molecular weight excluding hydrogens is 564 g/mol. The molecule has 0 saturated heterocycles. The van der Waals surface area contributed by atoms with Gasteiger partial charge in [0, 0.05) is 18.4 Å². The third kappa shape index (κ3) is 5.29. The van der Waals surface area contributed by atoms with E-state index in [0.717, 1.165) is 64.2 Å². The minimum absolute atomic E-state index is 0.0400. The summed E-state index contributed by atoms with van der Waals surface area (Å²) in [5, 5.41) is 25.2. The number of rotatable bonds is 8. The number of carbonyl (C=O) groups excluding carboxylic acids is 2. The third-order valence-electron chi connectivity index (χ3n) is 14.5. The van der Waals surface area contributed by atoms with Gasteiger partial charge in [-0.25, -0.2) is 17.9 Å². The Morgan fingerprint density at radius 3 is 2.40 bits per heavy atom. The largest absolute Gasteiger partial charge is 0.393 e. The summed E-state index contributed by atoms with van der Waals surface area (Å²) in [6, 6.07) is -0.698. The molecule has 6 aliphatic carbocycles. The van der Waals surface area contributed by atoms with E-state index in [1.807, 2.05) is 0 Å². The Hall–Kier alpha value is -1.19. The topological polar surface area (TPSA) is 133 Å². The quantitative estimate of drug-likeness (QED) is 0.301. The normalized spacial score (nSPS) is 47.9. The fourth-order valence-corrected chi connectivity index (χ4v) is 14.1. The standard InChI is InChI=1S/C34H56N2O6S/c1-5-23-27-17-22(37)9-12-33(27,4)26-10-13-32(3)24(6-7-25(32)29(26)30(23)39)20(2)11-15-35-31(40)36-43(41,42)19-34-14-8-21(18-34)16-28(34)38/h20-27,29-30,37,39H,5-19H2,1-4H3,(H2,35,36,40)/t20-,21?,22-,23-,24-,25+,26+,27+,29+,30-,32-,33-,34-/m1/s1. The molecule has 43 heavy (non-hydrogen) atoms. The fraction of sp³-hybridized carbons (Fsp3) is 0.941. The number of fused-ring (bicyclic) bond motifs is 7. The summed E-state index contributed by atoms with van der Waals surface area (Å²) in [7, 11) is -3.89. The Morgan fingerprint density at radius 1 is 1.00 bits per heavy atom. The summed E-state index contributed by atoms with van der Waals surface area (Å²) in [5.41, 5.74) is -0.454. The van der Waals surface area contributed by atoms with Gasteiger partial charge in [-0.3, -0.25) is 4.79 Å². The summed E-state index contributed by atoms with van der Waals surface area (Å²) >= 11 is 0. The molecule has 0 radical (unpaired) electrons. The van der Waals surface area contributed by atoms with Crippen LogP contribution in [0, 0.1) is 63.6 Å². The van der Waals surface area contributed by atoms with Gasteiger partial charge >= 0.3 is 6.03 Å². The average molecular weight is 621 g/mol. The fourth-order valence-electron chi connectivity index (χ4n) is 12.5. The van der Waals surface area contributed by atoms with Gasteiger partial charge in [-0.2, -0.15) is 0 Å². The van der Waals surface area contributed by atoms with Crippen molar-refractivity contribution >= 4 is 21.8 Å². The number of aliphatic hydroxyl groups is 2. The van der Waals surface area contributed by atoms with Crippen LogP contribution in [0.3, 0.4) is 0 Å². The molecule has 0 aromatic heterocycles. The van der Waals surface area contributed by atoms with Crippen LogP contribution in [0.2, 0.25) is 0 Å². The van der Waals surface area contributed by atoms with Crippen LogP contribution < -0.4 is 10.0 Å². The lowest BCUT2D eigenvalue weighted by Gasteiger charge is -2.64. The summed E-state index contributed by atoms with van der Waals surface area (Å²) in [6.45, 7) is 9.82. The Kier molecular flexibility index (Phi) is 8.32. The first-order chi connectivity index (χ1) is 20.2. The van der Waals surface area contributed by atoms with Crippen molar-refractivity contribution in [2.24, 2.45) is 63.6 Å². The van der Waals surface area contributed by atoms with Crippen LogP contribution >= 0.6 is 0 Å². The molecule has 0 aromatic rings. The van der Waals surface area contributed by atoms with Crippen LogP contribution in [0.5, 0.6) is 0 Å². The van der Waals surface area contributed by atoms with E-state index in [-0.39, 0.29) is 40.5 Å². The average Bonchev–Trinajstić information content (AvgIpc) is 3.58. The van der Waals surface area contributed by atoms with Crippen molar-refractivity contribution in [2.75, 3.05) is 12.3 Å². The molecule has 2 amide bonds. The van der Waals surface area contributed by atoms with Gasteiger partial charge in [0.05, 0.1) is 18.0 Å². The van der Waals surface area contributed by atoms with Gasteiger partial charge in [0.25, 0.3) is 0 Å². The molecule has 0 aliphatic heterocycles. The van der Waals surface area contributed by atoms with Crippen LogP contribution in [0.4, 0.5) is 4.79 Å². The highest BCUT2D eigenvalue weighted by Crippen LogP contribution is 2.69. The van der Waals surface area contributed by atoms with Crippen LogP contribution in [0.15, 0.2) is 0 Å². The zero-order valence-corrected chi connectivity index (χ0v) is 27.6. The molecule has 244 valence electrons. The number of sulfonamides is 1. The van der Waals surface area contributed by atoms with Crippen molar-refractivity contribution < 1.29 is 28.2 Å². The van der Waals surface area contributed by atoms with Gasteiger partial charge < -0.3 is 15.5 Å². The first kappa shape index (κ1) is 31.8. The molecule has 9 heteroatoms. The molecule has 6 saturated carbocycles. The molecule has 1 unspecified atom stereocenters. The molecule has 6 rings (SSSR count). The van der Waals surface area contributed by atoms with Gasteiger partial charge in [-0.05, 0) is 129 Å². The Bertz CT molecular complexity index is 1210. The molecule has 6 fully saturated rings. The second-order valence-corrected chi connectivity index (χ2v) is 18.2. The van der Waals surface area contributed by atoms with Crippen molar-refractivity contribution in [1.82, 2.24) is 10.0 Å². The van der Waals surface area contributed by atoms with Crippen LogP contribution in [-0.2, 0) is 14.8 Å². The number of urea groups is 1. The van der Waals surface area contributed by atoms with E-state index < -0.39 is 21.5 Å². The van der Waals surface area contributed by atoms with Crippen molar-refractivity contribution in [2.45, 2.75) is 123 Å². The Morgan fingerprint density at radius 2 is 1.72 bits per heavy atom. The number of nitrogens with one attached hydrogen (secondary N) is 2. The van der Waals surface area contributed by atoms with E-state index in [4.69, 9.17) is 0 Å². The Labute approximate surface area is 259 Å². The van der Waals surface area contributed by atoms with Crippen molar-refractivity contribution in [3.63, 3.8) is 0 Å². The van der Waals surface area contributed by atoms with Crippen molar-refractivity contribution in [1.29, 1.82) is 0 Å². The van der Waals surface area contributed by atoms with Crippen LogP contribution in [0.25, 0.3) is 0 Å². The van der Waals surface area contributed by atoms with Crippen molar-refractivity contribution in [3.05, 3.63) is 0 Å². The highest BCUT2D eigenvalue weighted by molar-refractivity contribution is 7.90. The van der Waals surface area contributed by atoms with E-state index in [1.165, 1.54) is 0 Å².